The third-order valence-electron chi connectivity index (χ3n) is 3.12. The van der Waals surface area contributed by atoms with Gasteiger partial charge in [0.25, 0.3) is 0 Å². The molecule has 0 N–H and O–H groups in total. The van der Waals surface area contributed by atoms with Crippen molar-refractivity contribution < 1.29 is 0 Å². The average Bonchev–Trinajstić information content (AvgIpc) is 2.07. The van der Waals surface area contributed by atoms with E-state index in [-0.39, 0.29) is 0 Å². The van der Waals surface area contributed by atoms with E-state index in [1.807, 2.05) is 0 Å². The molecule has 0 aromatic heterocycles. The van der Waals surface area contributed by atoms with Gasteiger partial charge in [-0.25, -0.2) is 0 Å². The van der Waals surface area contributed by atoms with Gasteiger partial charge in [0.15, 0.2) is 0 Å². The van der Waals surface area contributed by atoms with Crippen molar-refractivity contribution in [3.63, 3.8) is 0 Å². The van der Waals surface area contributed by atoms with Gasteiger partial charge in [0.1, 0.15) is 0 Å². The molecular weight excluding hydrogens is 108 g/mol. The first-order valence-electron chi connectivity index (χ1n) is 4.14. The molecule has 2 rings (SSSR count). The molecule has 2 unspecified atom stereocenters. The van der Waals surface area contributed by atoms with Crippen molar-refractivity contribution in [1.82, 2.24) is 0 Å². The molecule has 1 radical (unpaired) electrons. The van der Waals surface area contributed by atoms with Gasteiger partial charge in [-0.05, 0) is 43.9 Å². The molecule has 2 bridgehead atoms. The Balaban J connectivity index is 2.13. The maximum atomic E-state index is 4.29. The Bertz CT molecular complexity index is 113. The van der Waals surface area contributed by atoms with Crippen LogP contribution in [-0.2, 0) is 0 Å². The lowest BCUT2D eigenvalue weighted by Crippen LogP contribution is -2.16. The molecule has 0 spiro atoms. The Labute approximate surface area is 57.6 Å². The van der Waals surface area contributed by atoms with Crippen LogP contribution in [0.3, 0.4) is 0 Å². The van der Waals surface area contributed by atoms with Gasteiger partial charge < -0.3 is 0 Å². The number of hydrogen-bond donors (Lipinski definition) is 0. The van der Waals surface area contributed by atoms with Crippen molar-refractivity contribution >= 4 is 0 Å². The summed E-state index contributed by atoms with van der Waals surface area (Å²) in [6, 6.07) is 0. The van der Waals surface area contributed by atoms with Crippen LogP contribution in [-0.4, -0.2) is 0 Å². The van der Waals surface area contributed by atoms with Crippen molar-refractivity contribution in [1.29, 1.82) is 0 Å². The maximum absolute atomic E-state index is 4.29. The fourth-order valence-corrected chi connectivity index (χ4v) is 2.57. The number of fused-ring (bicyclic) bond motifs is 2. The van der Waals surface area contributed by atoms with Gasteiger partial charge in [-0.3, -0.25) is 0 Å². The molecule has 51 valence electrons. The first kappa shape index (κ1) is 5.76. The van der Waals surface area contributed by atoms with Gasteiger partial charge in [0, 0.05) is 0 Å². The molecule has 9 heavy (non-hydrogen) atoms. The van der Waals surface area contributed by atoms with Gasteiger partial charge in [0.05, 0.1) is 0 Å². The summed E-state index contributed by atoms with van der Waals surface area (Å²) < 4.78 is 0. The van der Waals surface area contributed by atoms with Gasteiger partial charge in [-0.15, -0.1) is 0 Å². The lowest BCUT2D eigenvalue weighted by atomic mass is 9.78. The summed E-state index contributed by atoms with van der Waals surface area (Å²) in [5, 5.41) is 0. The molecule has 2 atom stereocenters. The lowest BCUT2D eigenvalue weighted by Gasteiger charge is -2.28. The fraction of sp³-hybridized carbons (Fsp3) is 0.889. The van der Waals surface area contributed by atoms with Crippen LogP contribution in [0.15, 0.2) is 0 Å². The molecule has 2 saturated carbocycles. The van der Waals surface area contributed by atoms with Crippen LogP contribution in [0.5, 0.6) is 0 Å². The third-order valence-corrected chi connectivity index (χ3v) is 3.12. The van der Waals surface area contributed by atoms with E-state index in [9.17, 15) is 0 Å². The van der Waals surface area contributed by atoms with E-state index in [1.54, 1.807) is 0 Å². The molecule has 0 aromatic carbocycles. The van der Waals surface area contributed by atoms with E-state index in [1.165, 1.54) is 38.5 Å². The topological polar surface area (TPSA) is 0 Å². The smallest absolute Gasteiger partial charge is 0.0295 e. The highest BCUT2D eigenvalue weighted by Gasteiger charge is 2.37. The fourth-order valence-electron chi connectivity index (χ4n) is 2.57. The van der Waals surface area contributed by atoms with Gasteiger partial charge in [-0.2, -0.15) is 0 Å². The highest BCUT2D eigenvalue weighted by molar-refractivity contribution is 4.94. The van der Waals surface area contributed by atoms with E-state index >= 15 is 0 Å². The number of rotatable bonds is 0. The first-order chi connectivity index (χ1) is 4.29. The summed E-state index contributed by atoms with van der Waals surface area (Å²) >= 11 is 0. The quantitative estimate of drug-likeness (QED) is 0.464. The summed E-state index contributed by atoms with van der Waals surface area (Å²) in [6.07, 6.45) is 8.68. The van der Waals surface area contributed by atoms with Gasteiger partial charge in [0.2, 0.25) is 0 Å². The standard InChI is InChI=1S/C9H15/c1-9-5-2-3-8(7-9)4-6-9/h8H,1-7H2. The molecule has 0 amide bonds. The Morgan fingerprint density at radius 1 is 1.22 bits per heavy atom. The largest absolute Gasteiger partial charge is 0.0525 e. The lowest BCUT2D eigenvalue weighted by molar-refractivity contribution is 0.273. The van der Waals surface area contributed by atoms with E-state index in [4.69, 9.17) is 0 Å². The van der Waals surface area contributed by atoms with Crippen LogP contribution in [0.1, 0.15) is 38.5 Å². The van der Waals surface area contributed by atoms with Crippen LogP contribution in [0.25, 0.3) is 0 Å². The van der Waals surface area contributed by atoms with Gasteiger partial charge >= 0.3 is 0 Å². The molecule has 0 aliphatic heterocycles. The number of hydrogen-bond acceptors (Lipinski definition) is 0. The summed E-state index contributed by atoms with van der Waals surface area (Å²) in [5.41, 5.74) is 0.545. The Morgan fingerprint density at radius 3 is 2.78 bits per heavy atom. The average molecular weight is 123 g/mol. The zero-order valence-electron chi connectivity index (χ0n) is 6.03. The summed E-state index contributed by atoms with van der Waals surface area (Å²) in [4.78, 5) is 0. The monoisotopic (exact) mass is 123 g/mol. The van der Waals surface area contributed by atoms with E-state index in [0.717, 1.165) is 5.92 Å². The minimum absolute atomic E-state index is 0.545. The molecule has 0 heteroatoms. The van der Waals surface area contributed by atoms with Crippen molar-refractivity contribution in [2.45, 2.75) is 38.5 Å². The molecule has 0 saturated heterocycles. The van der Waals surface area contributed by atoms with E-state index in [0.29, 0.717) is 5.41 Å². The predicted octanol–water partition coefficient (Wildman–Crippen LogP) is 2.79. The molecule has 2 aliphatic carbocycles. The molecule has 0 aromatic rings. The van der Waals surface area contributed by atoms with E-state index in [2.05, 4.69) is 6.92 Å². The van der Waals surface area contributed by atoms with Crippen LogP contribution in [0, 0.1) is 18.3 Å². The van der Waals surface area contributed by atoms with Crippen LogP contribution in [0.4, 0.5) is 0 Å². The van der Waals surface area contributed by atoms with Crippen molar-refractivity contribution in [3.8, 4) is 0 Å². The summed E-state index contributed by atoms with van der Waals surface area (Å²) in [5.74, 6) is 1.07. The second-order valence-corrected chi connectivity index (χ2v) is 4.00. The van der Waals surface area contributed by atoms with Crippen LogP contribution >= 0.6 is 0 Å². The zero-order valence-corrected chi connectivity index (χ0v) is 6.03. The molecule has 0 heterocycles. The normalized spacial score (nSPS) is 49.7. The summed E-state index contributed by atoms with van der Waals surface area (Å²) in [6.45, 7) is 4.29. The minimum Gasteiger partial charge on any atom is -0.0525 e. The van der Waals surface area contributed by atoms with Crippen molar-refractivity contribution in [3.05, 3.63) is 6.92 Å². The Hall–Kier alpha value is 0. The first-order valence-corrected chi connectivity index (χ1v) is 4.14. The van der Waals surface area contributed by atoms with Gasteiger partial charge in [-0.1, -0.05) is 12.8 Å². The van der Waals surface area contributed by atoms with Crippen molar-refractivity contribution in [2.24, 2.45) is 11.3 Å². The minimum atomic E-state index is 0.545. The SMILES string of the molecule is [CH2]C12CCCC(CC1)C2. The molecular formula is C9H15. The highest BCUT2D eigenvalue weighted by Crippen LogP contribution is 2.50. The molecule has 2 fully saturated rings. The van der Waals surface area contributed by atoms with Crippen LogP contribution < -0.4 is 0 Å². The maximum Gasteiger partial charge on any atom is -0.0295 e. The highest BCUT2D eigenvalue weighted by atomic mass is 14.4. The Morgan fingerprint density at radius 2 is 2.11 bits per heavy atom. The van der Waals surface area contributed by atoms with Crippen LogP contribution in [0.2, 0.25) is 0 Å². The molecule has 2 aliphatic rings. The summed E-state index contributed by atoms with van der Waals surface area (Å²) in [7, 11) is 0. The zero-order chi connectivity index (χ0) is 6.32. The second kappa shape index (κ2) is 1.74. The third kappa shape index (κ3) is 0.889. The van der Waals surface area contributed by atoms with E-state index < -0.39 is 0 Å². The van der Waals surface area contributed by atoms with Crippen molar-refractivity contribution in [2.75, 3.05) is 0 Å². The second-order valence-electron chi connectivity index (χ2n) is 4.00. The molecule has 0 nitrogen and oxygen atoms in total. The Kier molecular flexibility index (Phi) is 1.12. The predicted molar refractivity (Wildman–Crippen MR) is 39.0 cm³/mol.